The number of aryl methyl sites for hydroxylation is 2. The van der Waals surface area contributed by atoms with Crippen LogP contribution in [0.3, 0.4) is 0 Å². The molecule has 0 aliphatic carbocycles. The van der Waals surface area contributed by atoms with Gasteiger partial charge in [-0.05, 0) is 39.3 Å². The molecule has 2 rings (SSSR count). The Bertz CT molecular complexity index is 552. The molecule has 0 aliphatic heterocycles. The largest absolute Gasteiger partial charge is 0.327 e. The Hall–Kier alpha value is -1.06. The van der Waals surface area contributed by atoms with Crippen LogP contribution in [0.15, 0.2) is 18.2 Å². The molecule has 0 aliphatic rings. The van der Waals surface area contributed by atoms with Crippen molar-refractivity contribution in [3.05, 3.63) is 29.0 Å². The summed E-state index contributed by atoms with van der Waals surface area (Å²) in [5, 5.41) is 0.764. The van der Waals surface area contributed by atoms with Gasteiger partial charge in [0.15, 0.2) is 0 Å². The van der Waals surface area contributed by atoms with Crippen molar-refractivity contribution >= 4 is 22.6 Å². The van der Waals surface area contributed by atoms with E-state index >= 15 is 0 Å². The zero-order chi connectivity index (χ0) is 13.3. The number of nitrogens with zero attached hydrogens (tertiary/aromatic N) is 2. The molecule has 0 atom stereocenters. The standard InChI is InChI=1S/C14H20ClN3/c1-4-18-12(8-9-14(2,3)16)17-11-7-5-6-10(15)13(11)18/h5-7H,4,8-9,16H2,1-3H3. The van der Waals surface area contributed by atoms with E-state index in [0.717, 1.165) is 41.3 Å². The molecule has 0 radical (unpaired) electrons. The number of hydrogen-bond donors (Lipinski definition) is 1. The Morgan fingerprint density at radius 3 is 2.72 bits per heavy atom. The summed E-state index contributed by atoms with van der Waals surface area (Å²) in [5.74, 6) is 1.07. The number of benzene rings is 1. The molecule has 0 saturated carbocycles. The van der Waals surface area contributed by atoms with Gasteiger partial charge in [0, 0.05) is 18.5 Å². The fraction of sp³-hybridized carbons (Fsp3) is 0.500. The fourth-order valence-corrected chi connectivity index (χ4v) is 2.43. The van der Waals surface area contributed by atoms with Gasteiger partial charge in [-0.3, -0.25) is 0 Å². The molecule has 1 aromatic carbocycles. The van der Waals surface area contributed by atoms with Gasteiger partial charge in [0.2, 0.25) is 0 Å². The highest BCUT2D eigenvalue weighted by molar-refractivity contribution is 6.35. The summed E-state index contributed by atoms with van der Waals surface area (Å²) < 4.78 is 2.18. The van der Waals surface area contributed by atoms with E-state index in [2.05, 4.69) is 16.5 Å². The number of nitrogens with two attached hydrogens (primary N) is 1. The van der Waals surface area contributed by atoms with Gasteiger partial charge < -0.3 is 10.3 Å². The molecule has 0 amide bonds. The van der Waals surface area contributed by atoms with E-state index in [1.54, 1.807) is 0 Å². The minimum atomic E-state index is -0.166. The van der Waals surface area contributed by atoms with E-state index in [1.165, 1.54) is 0 Å². The molecule has 0 bridgehead atoms. The van der Waals surface area contributed by atoms with Crippen molar-refractivity contribution in [3.8, 4) is 0 Å². The Balaban J connectivity index is 2.42. The lowest BCUT2D eigenvalue weighted by molar-refractivity contribution is 0.466. The quantitative estimate of drug-likeness (QED) is 0.921. The molecule has 3 nitrogen and oxygen atoms in total. The predicted molar refractivity (Wildman–Crippen MR) is 77.0 cm³/mol. The van der Waals surface area contributed by atoms with Crippen LogP contribution in [0.25, 0.3) is 11.0 Å². The Morgan fingerprint density at radius 2 is 2.11 bits per heavy atom. The molecule has 0 spiro atoms. The van der Waals surface area contributed by atoms with Crippen LogP contribution >= 0.6 is 11.6 Å². The summed E-state index contributed by atoms with van der Waals surface area (Å²) >= 11 is 6.26. The smallest absolute Gasteiger partial charge is 0.109 e. The third-order valence-electron chi connectivity index (χ3n) is 3.11. The van der Waals surface area contributed by atoms with Gasteiger partial charge in [-0.25, -0.2) is 4.98 Å². The SMILES string of the molecule is CCn1c(CCC(C)(C)N)nc2cccc(Cl)c21. The van der Waals surface area contributed by atoms with Crippen LogP contribution in [-0.4, -0.2) is 15.1 Å². The van der Waals surface area contributed by atoms with Gasteiger partial charge in [0.05, 0.1) is 16.1 Å². The summed E-state index contributed by atoms with van der Waals surface area (Å²) in [5.41, 5.74) is 7.87. The van der Waals surface area contributed by atoms with Crippen molar-refractivity contribution in [3.63, 3.8) is 0 Å². The molecule has 4 heteroatoms. The zero-order valence-electron chi connectivity index (χ0n) is 11.2. The molecule has 1 aromatic heterocycles. The summed E-state index contributed by atoms with van der Waals surface area (Å²) in [6.45, 7) is 7.07. The van der Waals surface area contributed by atoms with E-state index < -0.39 is 0 Å². The maximum Gasteiger partial charge on any atom is 0.109 e. The molecule has 0 unspecified atom stereocenters. The Labute approximate surface area is 113 Å². The average Bonchev–Trinajstić information content (AvgIpc) is 2.64. The highest BCUT2D eigenvalue weighted by atomic mass is 35.5. The first kappa shape index (κ1) is 13.4. The summed E-state index contributed by atoms with van der Waals surface area (Å²) in [6.07, 6.45) is 1.79. The Kier molecular flexibility index (Phi) is 3.64. The van der Waals surface area contributed by atoms with Crippen LogP contribution in [0.5, 0.6) is 0 Å². The third-order valence-corrected chi connectivity index (χ3v) is 3.41. The van der Waals surface area contributed by atoms with Gasteiger partial charge in [-0.2, -0.15) is 0 Å². The van der Waals surface area contributed by atoms with E-state index in [1.807, 2.05) is 32.0 Å². The van der Waals surface area contributed by atoms with Crippen LogP contribution in [0.2, 0.25) is 5.02 Å². The van der Waals surface area contributed by atoms with Crippen molar-refractivity contribution in [1.82, 2.24) is 9.55 Å². The minimum Gasteiger partial charge on any atom is -0.327 e. The lowest BCUT2D eigenvalue weighted by Gasteiger charge is -2.18. The molecule has 2 N–H and O–H groups in total. The van der Waals surface area contributed by atoms with Gasteiger partial charge >= 0.3 is 0 Å². The number of fused-ring (bicyclic) bond motifs is 1. The first-order valence-corrected chi connectivity index (χ1v) is 6.72. The van der Waals surface area contributed by atoms with E-state index in [-0.39, 0.29) is 5.54 Å². The molecular formula is C14H20ClN3. The van der Waals surface area contributed by atoms with Crippen LogP contribution in [-0.2, 0) is 13.0 Å². The van der Waals surface area contributed by atoms with Gasteiger partial charge in [-0.1, -0.05) is 17.7 Å². The number of aromatic nitrogens is 2. The summed E-state index contributed by atoms with van der Waals surface area (Å²) in [4.78, 5) is 4.67. The highest BCUT2D eigenvalue weighted by Crippen LogP contribution is 2.25. The van der Waals surface area contributed by atoms with Crippen molar-refractivity contribution in [2.24, 2.45) is 5.73 Å². The molecule has 2 aromatic rings. The van der Waals surface area contributed by atoms with Crippen LogP contribution in [0.4, 0.5) is 0 Å². The average molecular weight is 266 g/mol. The van der Waals surface area contributed by atoms with Crippen LogP contribution in [0.1, 0.15) is 33.0 Å². The molecule has 0 saturated heterocycles. The van der Waals surface area contributed by atoms with Crippen molar-refractivity contribution in [2.75, 3.05) is 0 Å². The second kappa shape index (κ2) is 4.90. The van der Waals surface area contributed by atoms with E-state index in [4.69, 9.17) is 17.3 Å². The van der Waals surface area contributed by atoms with Crippen LogP contribution < -0.4 is 5.73 Å². The number of para-hydroxylation sites is 1. The van der Waals surface area contributed by atoms with Gasteiger partial charge in [0.25, 0.3) is 0 Å². The molecule has 0 fully saturated rings. The van der Waals surface area contributed by atoms with Crippen molar-refractivity contribution in [2.45, 2.75) is 45.7 Å². The minimum absolute atomic E-state index is 0.166. The summed E-state index contributed by atoms with van der Waals surface area (Å²) in [7, 11) is 0. The second-order valence-corrected chi connectivity index (χ2v) is 5.78. The zero-order valence-corrected chi connectivity index (χ0v) is 12.0. The number of imidazole rings is 1. The third kappa shape index (κ3) is 2.68. The maximum atomic E-state index is 6.26. The molecule has 18 heavy (non-hydrogen) atoms. The molecular weight excluding hydrogens is 246 g/mol. The first-order valence-electron chi connectivity index (χ1n) is 6.35. The lowest BCUT2D eigenvalue weighted by Crippen LogP contribution is -2.32. The number of rotatable bonds is 4. The van der Waals surface area contributed by atoms with Crippen LogP contribution in [0, 0.1) is 0 Å². The van der Waals surface area contributed by atoms with E-state index in [0.29, 0.717) is 0 Å². The topological polar surface area (TPSA) is 43.8 Å². The van der Waals surface area contributed by atoms with Crippen molar-refractivity contribution < 1.29 is 0 Å². The van der Waals surface area contributed by atoms with E-state index in [9.17, 15) is 0 Å². The molecule has 1 heterocycles. The van der Waals surface area contributed by atoms with Gasteiger partial charge in [0.1, 0.15) is 5.82 Å². The maximum absolute atomic E-state index is 6.26. The monoisotopic (exact) mass is 265 g/mol. The van der Waals surface area contributed by atoms with Crippen molar-refractivity contribution in [1.29, 1.82) is 0 Å². The first-order chi connectivity index (χ1) is 8.42. The number of halogens is 1. The lowest BCUT2D eigenvalue weighted by atomic mass is 10.00. The molecule has 98 valence electrons. The Morgan fingerprint density at radius 1 is 1.39 bits per heavy atom. The fourth-order valence-electron chi connectivity index (χ4n) is 2.16. The summed E-state index contributed by atoms with van der Waals surface area (Å²) in [6, 6.07) is 5.85. The highest BCUT2D eigenvalue weighted by Gasteiger charge is 2.16. The normalized spacial score (nSPS) is 12.3. The second-order valence-electron chi connectivity index (χ2n) is 5.37. The predicted octanol–water partition coefficient (Wildman–Crippen LogP) is 3.38. The van der Waals surface area contributed by atoms with Gasteiger partial charge in [-0.15, -0.1) is 0 Å². The number of hydrogen-bond acceptors (Lipinski definition) is 2.